The van der Waals surface area contributed by atoms with Gasteiger partial charge in [0.25, 0.3) is 0 Å². The Balaban J connectivity index is 1.97. The van der Waals surface area contributed by atoms with Gasteiger partial charge in [-0.15, -0.1) is 0 Å². The molecule has 1 aromatic rings. The molecular weight excluding hydrogens is 204 g/mol. The first-order chi connectivity index (χ1) is 7.79. The molecule has 1 N–H and O–H groups in total. The Bertz CT molecular complexity index is 344. The number of pyridine rings is 1. The zero-order valence-electron chi connectivity index (χ0n) is 9.59. The van der Waals surface area contributed by atoms with E-state index in [2.05, 4.69) is 16.0 Å². The molecule has 1 aromatic heterocycles. The lowest BCUT2D eigenvalue weighted by Crippen LogP contribution is -2.43. The van der Waals surface area contributed by atoms with E-state index in [1.54, 1.807) is 0 Å². The van der Waals surface area contributed by atoms with Gasteiger partial charge in [-0.05, 0) is 18.6 Å². The van der Waals surface area contributed by atoms with E-state index < -0.39 is 0 Å². The Hall–Kier alpha value is -0.970. The van der Waals surface area contributed by atoms with Gasteiger partial charge < -0.3 is 9.84 Å². The van der Waals surface area contributed by atoms with E-state index in [0.717, 1.165) is 25.3 Å². The standard InChI is InChI=1S/C12H18N2O2/c1-10-11(3-2-4-13-10)7-14-5-6-16-12(8-14)9-15/h2-4,12,15H,5-9H2,1H3. The van der Waals surface area contributed by atoms with Crippen molar-refractivity contribution in [1.29, 1.82) is 0 Å². The molecule has 0 spiro atoms. The highest BCUT2D eigenvalue weighted by Crippen LogP contribution is 2.11. The van der Waals surface area contributed by atoms with Crippen molar-refractivity contribution in [2.24, 2.45) is 0 Å². The molecule has 1 fully saturated rings. The van der Waals surface area contributed by atoms with Crippen molar-refractivity contribution in [3.05, 3.63) is 29.6 Å². The van der Waals surface area contributed by atoms with E-state index in [4.69, 9.17) is 9.84 Å². The first-order valence-electron chi connectivity index (χ1n) is 5.65. The highest BCUT2D eigenvalue weighted by atomic mass is 16.5. The van der Waals surface area contributed by atoms with Gasteiger partial charge in [0.15, 0.2) is 0 Å². The minimum atomic E-state index is -0.0364. The lowest BCUT2D eigenvalue weighted by Gasteiger charge is -2.32. The molecule has 88 valence electrons. The molecule has 1 aliphatic heterocycles. The van der Waals surface area contributed by atoms with Gasteiger partial charge >= 0.3 is 0 Å². The number of aryl methyl sites for hydroxylation is 1. The molecule has 0 amide bonds. The van der Waals surface area contributed by atoms with Crippen LogP contribution in [0.1, 0.15) is 11.3 Å². The molecule has 4 nitrogen and oxygen atoms in total. The van der Waals surface area contributed by atoms with Gasteiger partial charge in [0.1, 0.15) is 0 Å². The summed E-state index contributed by atoms with van der Waals surface area (Å²) >= 11 is 0. The summed E-state index contributed by atoms with van der Waals surface area (Å²) < 4.78 is 5.42. The summed E-state index contributed by atoms with van der Waals surface area (Å²) in [7, 11) is 0. The second kappa shape index (κ2) is 5.39. The summed E-state index contributed by atoms with van der Waals surface area (Å²) in [5.41, 5.74) is 2.33. The first kappa shape index (κ1) is 11.5. The molecule has 0 saturated carbocycles. The van der Waals surface area contributed by atoms with E-state index in [1.807, 2.05) is 19.2 Å². The van der Waals surface area contributed by atoms with Crippen LogP contribution in [-0.4, -0.2) is 47.4 Å². The third-order valence-electron chi connectivity index (χ3n) is 2.94. The van der Waals surface area contributed by atoms with Crippen molar-refractivity contribution < 1.29 is 9.84 Å². The maximum atomic E-state index is 9.07. The van der Waals surface area contributed by atoms with Gasteiger partial charge in [-0.2, -0.15) is 0 Å². The van der Waals surface area contributed by atoms with Crippen molar-refractivity contribution in [3.8, 4) is 0 Å². The van der Waals surface area contributed by atoms with Crippen molar-refractivity contribution in [3.63, 3.8) is 0 Å². The van der Waals surface area contributed by atoms with E-state index in [9.17, 15) is 0 Å². The summed E-state index contributed by atoms with van der Waals surface area (Å²) in [6, 6.07) is 4.07. The van der Waals surface area contributed by atoms with Crippen LogP contribution in [0.4, 0.5) is 0 Å². The number of hydrogen-bond acceptors (Lipinski definition) is 4. The molecule has 2 heterocycles. The van der Waals surface area contributed by atoms with Gasteiger partial charge in [-0.1, -0.05) is 6.07 Å². The fourth-order valence-corrected chi connectivity index (χ4v) is 1.96. The molecule has 0 radical (unpaired) electrons. The topological polar surface area (TPSA) is 45.6 Å². The van der Waals surface area contributed by atoms with Crippen LogP contribution in [0.15, 0.2) is 18.3 Å². The van der Waals surface area contributed by atoms with Crippen LogP contribution in [0.2, 0.25) is 0 Å². The molecule has 1 saturated heterocycles. The third kappa shape index (κ3) is 2.78. The van der Waals surface area contributed by atoms with E-state index in [1.165, 1.54) is 5.56 Å². The quantitative estimate of drug-likeness (QED) is 0.812. The monoisotopic (exact) mass is 222 g/mol. The molecule has 2 rings (SSSR count). The maximum absolute atomic E-state index is 9.07. The number of rotatable bonds is 3. The number of morpholine rings is 1. The highest BCUT2D eigenvalue weighted by molar-refractivity contribution is 5.18. The van der Waals surface area contributed by atoms with E-state index in [-0.39, 0.29) is 12.7 Å². The van der Waals surface area contributed by atoms with Gasteiger partial charge in [0, 0.05) is 31.5 Å². The van der Waals surface area contributed by atoms with Crippen LogP contribution < -0.4 is 0 Å². The SMILES string of the molecule is Cc1ncccc1CN1CCOC(CO)C1. The van der Waals surface area contributed by atoms with Crippen LogP contribution >= 0.6 is 0 Å². The van der Waals surface area contributed by atoms with Crippen molar-refractivity contribution in [1.82, 2.24) is 9.88 Å². The number of nitrogens with zero attached hydrogens (tertiary/aromatic N) is 2. The minimum Gasteiger partial charge on any atom is -0.394 e. The summed E-state index contributed by atoms with van der Waals surface area (Å²) in [6.07, 6.45) is 1.78. The average molecular weight is 222 g/mol. The average Bonchev–Trinajstić information content (AvgIpc) is 2.32. The molecular formula is C12H18N2O2. The Kier molecular flexibility index (Phi) is 3.88. The second-order valence-electron chi connectivity index (χ2n) is 4.16. The van der Waals surface area contributed by atoms with Crippen molar-refractivity contribution in [2.45, 2.75) is 19.6 Å². The lowest BCUT2D eigenvalue weighted by molar-refractivity contribution is -0.0551. The first-order valence-corrected chi connectivity index (χ1v) is 5.65. The van der Waals surface area contributed by atoms with E-state index in [0.29, 0.717) is 6.61 Å². The van der Waals surface area contributed by atoms with Gasteiger partial charge in [-0.3, -0.25) is 9.88 Å². The fourth-order valence-electron chi connectivity index (χ4n) is 1.96. The lowest BCUT2D eigenvalue weighted by atomic mass is 10.1. The summed E-state index contributed by atoms with van der Waals surface area (Å²) in [5.74, 6) is 0. The van der Waals surface area contributed by atoms with Gasteiger partial charge in [0.05, 0.1) is 19.3 Å². The second-order valence-corrected chi connectivity index (χ2v) is 4.16. The number of aromatic nitrogens is 1. The van der Waals surface area contributed by atoms with Crippen molar-refractivity contribution in [2.75, 3.05) is 26.3 Å². The Morgan fingerprint density at radius 2 is 2.50 bits per heavy atom. The molecule has 16 heavy (non-hydrogen) atoms. The van der Waals surface area contributed by atoms with E-state index >= 15 is 0 Å². The molecule has 1 aliphatic rings. The number of ether oxygens (including phenoxy) is 1. The van der Waals surface area contributed by atoms with Gasteiger partial charge in [-0.25, -0.2) is 0 Å². The maximum Gasteiger partial charge on any atom is 0.0933 e. The largest absolute Gasteiger partial charge is 0.394 e. The predicted molar refractivity (Wildman–Crippen MR) is 61.1 cm³/mol. The number of aliphatic hydroxyl groups is 1. The molecule has 0 bridgehead atoms. The molecule has 0 aliphatic carbocycles. The Morgan fingerprint density at radius 1 is 1.62 bits per heavy atom. The summed E-state index contributed by atoms with van der Waals surface area (Å²) in [6.45, 7) is 5.43. The third-order valence-corrected chi connectivity index (χ3v) is 2.94. The molecule has 4 heteroatoms. The Labute approximate surface area is 95.9 Å². The minimum absolute atomic E-state index is 0.0364. The predicted octanol–water partition coefficient (Wildman–Crippen LogP) is 0.583. The highest BCUT2D eigenvalue weighted by Gasteiger charge is 2.19. The molecule has 1 unspecified atom stereocenters. The summed E-state index contributed by atoms with van der Waals surface area (Å²) in [4.78, 5) is 6.58. The zero-order valence-corrected chi connectivity index (χ0v) is 9.59. The smallest absolute Gasteiger partial charge is 0.0933 e. The Morgan fingerprint density at radius 3 is 3.25 bits per heavy atom. The molecule has 0 aromatic carbocycles. The van der Waals surface area contributed by atoms with Crippen LogP contribution in [0.3, 0.4) is 0 Å². The number of hydrogen-bond donors (Lipinski definition) is 1. The van der Waals surface area contributed by atoms with Crippen LogP contribution in [0, 0.1) is 6.92 Å². The van der Waals surface area contributed by atoms with Crippen LogP contribution in [-0.2, 0) is 11.3 Å². The fraction of sp³-hybridized carbons (Fsp3) is 0.583. The zero-order chi connectivity index (χ0) is 11.4. The van der Waals surface area contributed by atoms with Crippen LogP contribution in [0.5, 0.6) is 0 Å². The summed E-state index contributed by atoms with van der Waals surface area (Å²) in [5, 5.41) is 9.07. The van der Waals surface area contributed by atoms with Crippen LogP contribution in [0.25, 0.3) is 0 Å². The van der Waals surface area contributed by atoms with Gasteiger partial charge in [0.2, 0.25) is 0 Å². The normalized spacial score (nSPS) is 22.2. The van der Waals surface area contributed by atoms with Crippen molar-refractivity contribution >= 4 is 0 Å². The molecule has 1 atom stereocenters. The number of aliphatic hydroxyl groups excluding tert-OH is 1.